The number of nitrogens with zero attached hydrogens (tertiary/aromatic N) is 1. The summed E-state index contributed by atoms with van der Waals surface area (Å²) in [7, 11) is 1.67. The molecule has 45 heavy (non-hydrogen) atoms. The van der Waals surface area contributed by atoms with Gasteiger partial charge in [-0.3, -0.25) is 4.84 Å². The first-order valence-corrected chi connectivity index (χ1v) is 15.6. The van der Waals surface area contributed by atoms with Gasteiger partial charge in [0.1, 0.15) is 5.75 Å². The Kier molecular flexibility index (Phi) is 10.9. The van der Waals surface area contributed by atoms with Crippen molar-refractivity contribution in [2.45, 2.75) is 38.6 Å². The number of hydrogen-bond acceptors (Lipinski definition) is 6. The number of rotatable bonds is 14. The summed E-state index contributed by atoms with van der Waals surface area (Å²) in [5.74, 6) is 0.858. The zero-order valence-electron chi connectivity index (χ0n) is 25.8. The Labute approximate surface area is 266 Å². The van der Waals surface area contributed by atoms with Crippen LogP contribution in [0.5, 0.6) is 5.75 Å². The molecule has 0 unspecified atom stereocenters. The van der Waals surface area contributed by atoms with Gasteiger partial charge in [0, 0.05) is 12.5 Å². The molecule has 0 radical (unpaired) electrons. The molecule has 1 fully saturated rings. The van der Waals surface area contributed by atoms with Gasteiger partial charge >= 0.3 is 0 Å². The summed E-state index contributed by atoms with van der Waals surface area (Å²) in [6.45, 7) is 3.74. The predicted molar refractivity (Wildman–Crippen MR) is 176 cm³/mol. The minimum atomic E-state index is -0.227. The molecule has 5 aromatic carbocycles. The van der Waals surface area contributed by atoms with Crippen LogP contribution < -0.4 is 4.74 Å². The van der Waals surface area contributed by atoms with Crippen molar-refractivity contribution in [3.63, 3.8) is 0 Å². The molecule has 1 heterocycles. The minimum absolute atomic E-state index is 0.0312. The molecule has 6 nitrogen and oxygen atoms in total. The van der Waals surface area contributed by atoms with Gasteiger partial charge in [0.15, 0.2) is 0 Å². The number of hydroxylamine groups is 2. The fourth-order valence-corrected chi connectivity index (χ4v) is 5.78. The molecule has 1 saturated heterocycles. The molecule has 1 aliphatic heterocycles. The average molecular weight is 604 g/mol. The van der Waals surface area contributed by atoms with Crippen LogP contribution in [0.4, 0.5) is 0 Å². The lowest BCUT2D eigenvalue weighted by Crippen LogP contribution is -2.55. The van der Waals surface area contributed by atoms with Crippen molar-refractivity contribution in [2.75, 3.05) is 26.8 Å². The first-order valence-electron chi connectivity index (χ1n) is 15.6. The molecule has 3 atom stereocenters. The van der Waals surface area contributed by atoms with E-state index in [-0.39, 0.29) is 18.1 Å². The summed E-state index contributed by atoms with van der Waals surface area (Å²) in [6.07, 6.45) is -0.405. The number of benzene rings is 5. The molecule has 0 aromatic heterocycles. The highest BCUT2D eigenvalue weighted by molar-refractivity contribution is 5.82. The van der Waals surface area contributed by atoms with Crippen LogP contribution in [0.3, 0.4) is 0 Å². The van der Waals surface area contributed by atoms with E-state index < -0.39 is 0 Å². The molecular weight excluding hydrogens is 562 g/mol. The van der Waals surface area contributed by atoms with E-state index in [4.69, 9.17) is 23.8 Å². The van der Waals surface area contributed by atoms with Crippen LogP contribution in [0.2, 0.25) is 0 Å². The highest BCUT2D eigenvalue weighted by Gasteiger charge is 2.39. The van der Waals surface area contributed by atoms with Gasteiger partial charge in [0.05, 0.1) is 58.9 Å². The SMILES string of the molecule is COc1ccc(CON2C[C@H](COCc3ccccc3)[C@@H](OCc3ccccc3)[C@H](OCc3ccc4ccccc4c3)C2)cc1. The van der Waals surface area contributed by atoms with Crippen molar-refractivity contribution >= 4 is 10.8 Å². The van der Waals surface area contributed by atoms with E-state index in [2.05, 4.69) is 66.7 Å². The van der Waals surface area contributed by atoms with E-state index >= 15 is 0 Å². The van der Waals surface area contributed by atoms with Crippen molar-refractivity contribution in [1.82, 2.24) is 5.06 Å². The van der Waals surface area contributed by atoms with E-state index in [1.807, 2.05) is 65.7 Å². The number of ether oxygens (including phenoxy) is 4. The number of hydrogen-bond donors (Lipinski definition) is 0. The summed E-state index contributed by atoms with van der Waals surface area (Å²) in [5.41, 5.74) is 4.48. The molecular formula is C39H41NO5. The zero-order valence-corrected chi connectivity index (χ0v) is 25.8. The Hall–Kier alpha value is -4.04. The second-order valence-corrected chi connectivity index (χ2v) is 11.5. The van der Waals surface area contributed by atoms with Gasteiger partial charge in [-0.05, 0) is 51.2 Å². The lowest BCUT2D eigenvalue weighted by molar-refractivity contribution is -0.250. The molecule has 6 heteroatoms. The molecule has 5 aromatic rings. The zero-order chi connectivity index (χ0) is 30.7. The molecule has 0 aliphatic carbocycles. The third-order valence-electron chi connectivity index (χ3n) is 8.23. The maximum absolute atomic E-state index is 6.71. The van der Waals surface area contributed by atoms with Crippen LogP contribution >= 0.6 is 0 Å². The fourth-order valence-electron chi connectivity index (χ4n) is 5.78. The monoisotopic (exact) mass is 603 g/mol. The molecule has 232 valence electrons. The van der Waals surface area contributed by atoms with Gasteiger partial charge in [0.2, 0.25) is 0 Å². The van der Waals surface area contributed by atoms with Crippen LogP contribution in [0, 0.1) is 5.92 Å². The molecule has 0 saturated carbocycles. The Morgan fingerprint density at radius 1 is 0.578 bits per heavy atom. The Morgan fingerprint density at radius 2 is 1.20 bits per heavy atom. The van der Waals surface area contributed by atoms with E-state index in [1.54, 1.807) is 7.11 Å². The first-order chi connectivity index (χ1) is 22.2. The summed E-state index contributed by atoms with van der Waals surface area (Å²) in [6, 6.07) is 43.5. The third kappa shape index (κ3) is 8.78. The highest BCUT2D eigenvalue weighted by Crippen LogP contribution is 2.27. The van der Waals surface area contributed by atoms with Crippen LogP contribution in [-0.4, -0.2) is 44.1 Å². The highest BCUT2D eigenvalue weighted by atomic mass is 16.7. The van der Waals surface area contributed by atoms with Crippen LogP contribution in [0.25, 0.3) is 10.8 Å². The standard InChI is InChI=1S/C39H41NO5/c1-41-37-20-17-32(18-21-37)28-45-40-23-36(29-42-25-30-10-4-2-5-11-30)39(44-26-31-12-6-3-7-13-31)38(24-40)43-27-33-16-19-34-14-8-9-15-35(34)22-33/h2-22,36,38-39H,23-29H2,1H3/t36-,38-,39-/m1/s1. The quantitative estimate of drug-likeness (QED) is 0.130. The summed E-state index contributed by atoms with van der Waals surface area (Å²) >= 11 is 0. The summed E-state index contributed by atoms with van der Waals surface area (Å²) in [4.78, 5) is 6.39. The number of fused-ring (bicyclic) bond motifs is 1. The van der Waals surface area contributed by atoms with Gasteiger partial charge in [-0.25, -0.2) is 0 Å². The fraction of sp³-hybridized carbons (Fsp3) is 0.282. The Morgan fingerprint density at radius 3 is 1.93 bits per heavy atom. The summed E-state index contributed by atoms with van der Waals surface area (Å²) in [5, 5.41) is 4.45. The lowest BCUT2D eigenvalue weighted by atomic mass is 9.93. The van der Waals surface area contributed by atoms with Crippen molar-refractivity contribution < 1.29 is 23.8 Å². The first kappa shape index (κ1) is 31.0. The summed E-state index contributed by atoms with van der Waals surface area (Å²) < 4.78 is 25.0. The molecule has 0 spiro atoms. The maximum atomic E-state index is 6.71. The average Bonchev–Trinajstić information content (AvgIpc) is 3.10. The van der Waals surface area contributed by atoms with E-state index in [0.717, 1.165) is 28.0 Å². The van der Waals surface area contributed by atoms with Crippen molar-refractivity contribution in [2.24, 2.45) is 5.92 Å². The number of piperidine rings is 1. The van der Waals surface area contributed by atoms with Gasteiger partial charge in [-0.2, -0.15) is 5.06 Å². The van der Waals surface area contributed by atoms with Crippen LogP contribution in [0.1, 0.15) is 22.3 Å². The van der Waals surface area contributed by atoms with Crippen LogP contribution in [0.15, 0.2) is 127 Å². The molecule has 6 rings (SSSR count). The molecule has 0 N–H and O–H groups in total. The van der Waals surface area contributed by atoms with Gasteiger partial charge in [-0.1, -0.05) is 109 Å². The van der Waals surface area contributed by atoms with Gasteiger partial charge in [0.25, 0.3) is 0 Å². The lowest BCUT2D eigenvalue weighted by Gasteiger charge is -2.42. The second kappa shape index (κ2) is 15.8. The van der Waals surface area contributed by atoms with Crippen molar-refractivity contribution in [3.8, 4) is 5.75 Å². The van der Waals surface area contributed by atoms with Crippen molar-refractivity contribution in [1.29, 1.82) is 0 Å². The topological polar surface area (TPSA) is 49.4 Å². The number of methoxy groups -OCH3 is 1. The maximum Gasteiger partial charge on any atom is 0.118 e. The second-order valence-electron chi connectivity index (χ2n) is 11.5. The minimum Gasteiger partial charge on any atom is -0.497 e. The van der Waals surface area contributed by atoms with E-state index in [0.29, 0.717) is 46.1 Å². The smallest absolute Gasteiger partial charge is 0.118 e. The molecule has 1 aliphatic rings. The van der Waals surface area contributed by atoms with E-state index in [1.165, 1.54) is 10.8 Å². The Balaban J connectivity index is 1.19. The third-order valence-corrected chi connectivity index (χ3v) is 8.23. The normalized spacial score (nSPS) is 18.6. The van der Waals surface area contributed by atoms with Gasteiger partial charge < -0.3 is 18.9 Å². The predicted octanol–water partition coefficient (Wildman–Crippen LogP) is 7.60. The molecule has 0 bridgehead atoms. The molecule has 0 amide bonds. The van der Waals surface area contributed by atoms with Crippen molar-refractivity contribution in [3.05, 3.63) is 150 Å². The van der Waals surface area contributed by atoms with Gasteiger partial charge in [-0.15, -0.1) is 0 Å². The van der Waals surface area contributed by atoms with Crippen LogP contribution in [-0.2, 0) is 45.5 Å². The Bertz CT molecular complexity index is 1600. The largest absolute Gasteiger partial charge is 0.497 e. The van der Waals surface area contributed by atoms with E-state index in [9.17, 15) is 0 Å².